The first-order valence-electron chi connectivity index (χ1n) is 6.83. The molecule has 0 aliphatic heterocycles. The molecule has 0 radical (unpaired) electrons. The minimum atomic E-state index is -0.442. The molecule has 2 rings (SSSR count). The molecule has 1 aromatic rings. The minimum Gasteiger partial charge on any atom is -0.391 e. The third kappa shape index (κ3) is 3.67. The van der Waals surface area contributed by atoms with Gasteiger partial charge in [0.2, 0.25) is 0 Å². The Morgan fingerprint density at radius 3 is 2.79 bits per heavy atom. The van der Waals surface area contributed by atoms with Gasteiger partial charge in [0.1, 0.15) is 5.69 Å². The first-order chi connectivity index (χ1) is 9.20. The lowest BCUT2D eigenvalue weighted by molar-refractivity contribution is 0.0814. The van der Waals surface area contributed by atoms with Crippen LogP contribution in [-0.4, -0.2) is 35.2 Å². The number of aromatic nitrogens is 1. The van der Waals surface area contributed by atoms with Gasteiger partial charge in [-0.3, -0.25) is 4.79 Å². The minimum absolute atomic E-state index is 0.152. The number of hydrogen-bond acceptors (Lipinski definition) is 4. The Kier molecular flexibility index (Phi) is 4.74. The molecule has 104 valence electrons. The van der Waals surface area contributed by atoms with E-state index in [4.69, 9.17) is 0 Å². The lowest BCUT2D eigenvalue weighted by atomic mass is 10.1. The lowest BCUT2D eigenvalue weighted by Gasteiger charge is -2.21. The maximum atomic E-state index is 12.1. The van der Waals surface area contributed by atoms with Gasteiger partial charge in [0, 0.05) is 7.05 Å². The van der Waals surface area contributed by atoms with Gasteiger partial charge >= 0.3 is 0 Å². The Morgan fingerprint density at radius 1 is 1.32 bits per heavy atom. The van der Waals surface area contributed by atoms with Crippen molar-refractivity contribution < 1.29 is 9.90 Å². The largest absolute Gasteiger partial charge is 0.391 e. The van der Waals surface area contributed by atoms with Crippen molar-refractivity contribution >= 4 is 11.6 Å². The molecular formula is C14H21N3O2. The molecule has 5 nitrogen and oxygen atoms in total. The van der Waals surface area contributed by atoms with E-state index >= 15 is 0 Å². The average molecular weight is 263 g/mol. The van der Waals surface area contributed by atoms with Crippen LogP contribution < -0.4 is 10.6 Å². The standard InChI is InChI=1S/C14H21N3O2/c1-15-10-7-8-12(16-9-10)14(19)17-11-5-3-2-4-6-13(11)18/h7-9,11,13,15,18H,2-6H2,1H3,(H,17,19). The van der Waals surface area contributed by atoms with E-state index in [1.807, 2.05) is 6.07 Å². The molecule has 1 aromatic heterocycles. The van der Waals surface area contributed by atoms with Crippen molar-refractivity contribution in [2.45, 2.75) is 44.2 Å². The number of carbonyl (C=O) groups is 1. The number of carbonyl (C=O) groups excluding carboxylic acids is 1. The second-order valence-electron chi connectivity index (χ2n) is 4.97. The van der Waals surface area contributed by atoms with Crippen LogP contribution in [0.1, 0.15) is 42.6 Å². The summed E-state index contributed by atoms with van der Waals surface area (Å²) < 4.78 is 0. The summed E-state index contributed by atoms with van der Waals surface area (Å²) in [7, 11) is 1.80. The molecule has 0 saturated heterocycles. The Balaban J connectivity index is 1.98. The fraction of sp³-hybridized carbons (Fsp3) is 0.571. The predicted octanol–water partition coefficient (Wildman–Crippen LogP) is 1.55. The molecule has 1 amide bonds. The van der Waals surface area contributed by atoms with Gasteiger partial charge in [-0.25, -0.2) is 4.98 Å². The number of hydrogen-bond donors (Lipinski definition) is 3. The number of aliphatic hydroxyl groups is 1. The van der Waals surface area contributed by atoms with E-state index in [1.54, 1.807) is 19.3 Å². The van der Waals surface area contributed by atoms with Crippen molar-refractivity contribution in [3.05, 3.63) is 24.0 Å². The van der Waals surface area contributed by atoms with Gasteiger partial charge in [-0.2, -0.15) is 0 Å². The molecule has 1 fully saturated rings. The summed E-state index contributed by atoms with van der Waals surface area (Å²) >= 11 is 0. The maximum Gasteiger partial charge on any atom is 0.270 e. The SMILES string of the molecule is CNc1ccc(C(=O)NC2CCCCCC2O)nc1. The number of nitrogens with one attached hydrogen (secondary N) is 2. The van der Waals surface area contributed by atoms with Gasteiger partial charge in [-0.1, -0.05) is 19.3 Å². The van der Waals surface area contributed by atoms with Crippen LogP contribution in [0.3, 0.4) is 0 Å². The second kappa shape index (κ2) is 6.52. The molecule has 0 spiro atoms. The zero-order valence-corrected chi connectivity index (χ0v) is 11.2. The summed E-state index contributed by atoms with van der Waals surface area (Å²) in [5.41, 5.74) is 1.25. The van der Waals surface area contributed by atoms with Gasteiger partial charge in [-0.15, -0.1) is 0 Å². The Labute approximate surface area is 113 Å². The van der Waals surface area contributed by atoms with Gasteiger partial charge < -0.3 is 15.7 Å². The maximum absolute atomic E-state index is 12.1. The zero-order valence-electron chi connectivity index (χ0n) is 11.2. The summed E-state index contributed by atoms with van der Waals surface area (Å²) in [4.78, 5) is 16.2. The fourth-order valence-electron chi connectivity index (χ4n) is 2.37. The molecule has 1 heterocycles. The molecule has 19 heavy (non-hydrogen) atoms. The summed E-state index contributed by atoms with van der Waals surface area (Å²) in [6, 6.07) is 3.34. The summed E-state index contributed by atoms with van der Waals surface area (Å²) in [6.07, 6.45) is 5.98. The van der Waals surface area contributed by atoms with Crippen LogP contribution in [0.4, 0.5) is 5.69 Å². The average Bonchev–Trinajstić information content (AvgIpc) is 2.64. The van der Waals surface area contributed by atoms with E-state index in [9.17, 15) is 9.90 Å². The van der Waals surface area contributed by atoms with Crippen LogP contribution in [0.5, 0.6) is 0 Å². The highest BCUT2D eigenvalue weighted by molar-refractivity contribution is 5.92. The van der Waals surface area contributed by atoms with Crippen LogP contribution >= 0.6 is 0 Å². The molecule has 3 N–H and O–H groups in total. The van der Waals surface area contributed by atoms with Crippen molar-refractivity contribution in [2.75, 3.05) is 12.4 Å². The molecule has 5 heteroatoms. The highest BCUT2D eigenvalue weighted by Gasteiger charge is 2.23. The fourth-order valence-corrected chi connectivity index (χ4v) is 2.37. The normalized spacial score (nSPS) is 23.5. The van der Waals surface area contributed by atoms with E-state index < -0.39 is 6.10 Å². The van der Waals surface area contributed by atoms with Crippen LogP contribution in [0.25, 0.3) is 0 Å². The van der Waals surface area contributed by atoms with Crippen LogP contribution in [0, 0.1) is 0 Å². The van der Waals surface area contributed by atoms with Crippen molar-refractivity contribution in [1.29, 1.82) is 0 Å². The van der Waals surface area contributed by atoms with E-state index in [2.05, 4.69) is 15.6 Å². The van der Waals surface area contributed by atoms with Crippen molar-refractivity contribution in [2.24, 2.45) is 0 Å². The molecule has 0 bridgehead atoms. The second-order valence-corrected chi connectivity index (χ2v) is 4.97. The van der Waals surface area contributed by atoms with Crippen molar-refractivity contribution in [1.82, 2.24) is 10.3 Å². The smallest absolute Gasteiger partial charge is 0.270 e. The third-order valence-corrected chi connectivity index (χ3v) is 3.58. The van der Waals surface area contributed by atoms with Crippen LogP contribution in [0.2, 0.25) is 0 Å². The Morgan fingerprint density at radius 2 is 2.11 bits per heavy atom. The highest BCUT2D eigenvalue weighted by atomic mass is 16.3. The van der Waals surface area contributed by atoms with Gasteiger partial charge in [0.25, 0.3) is 5.91 Å². The molecule has 0 aromatic carbocycles. The van der Waals surface area contributed by atoms with Gasteiger partial charge in [-0.05, 0) is 25.0 Å². The quantitative estimate of drug-likeness (QED) is 0.723. The van der Waals surface area contributed by atoms with E-state index in [0.29, 0.717) is 5.69 Å². The molecule has 1 saturated carbocycles. The molecule has 2 unspecified atom stereocenters. The topological polar surface area (TPSA) is 74.2 Å². The van der Waals surface area contributed by atoms with Crippen molar-refractivity contribution in [3.63, 3.8) is 0 Å². The van der Waals surface area contributed by atoms with E-state index in [0.717, 1.165) is 37.8 Å². The third-order valence-electron chi connectivity index (χ3n) is 3.58. The highest BCUT2D eigenvalue weighted by Crippen LogP contribution is 2.18. The molecule has 2 atom stereocenters. The summed E-state index contributed by atoms with van der Waals surface area (Å²) in [6.45, 7) is 0. The number of rotatable bonds is 3. The predicted molar refractivity (Wildman–Crippen MR) is 74.1 cm³/mol. The number of nitrogens with zero attached hydrogens (tertiary/aromatic N) is 1. The first kappa shape index (κ1) is 13.8. The number of amides is 1. The summed E-state index contributed by atoms with van der Waals surface area (Å²) in [5.74, 6) is -0.214. The van der Waals surface area contributed by atoms with E-state index in [-0.39, 0.29) is 11.9 Å². The van der Waals surface area contributed by atoms with Crippen molar-refractivity contribution in [3.8, 4) is 0 Å². The molecule has 1 aliphatic carbocycles. The Hall–Kier alpha value is -1.62. The van der Waals surface area contributed by atoms with Crippen LogP contribution in [-0.2, 0) is 0 Å². The molecule has 1 aliphatic rings. The van der Waals surface area contributed by atoms with Gasteiger partial charge in [0.15, 0.2) is 0 Å². The first-order valence-corrected chi connectivity index (χ1v) is 6.83. The summed E-state index contributed by atoms with van der Waals surface area (Å²) in [5, 5.41) is 15.8. The number of pyridine rings is 1. The number of aliphatic hydroxyl groups excluding tert-OH is 1. The zero-order chi connectivity index (χ0) is 13.7. The van der Waals surface area contributed by atoms with Gasteiger partial charge in [0.05, 0.1) is 24.0 Å². The monoisotopic (exact) mass is 263 g/mol. The number of anilines is 1. The molecular weight excluding hydrogens is 242 g/mol. The van der Waals surface area contributed by atoms with E-state index in [1.165, 1.54) is 0 Å². The lowest BCUT2D eigenvalue weighted by Crippen LogP contribution is -2.42. The Bertz CT molecular complexity index is 419. The van der Waals surface area contributed by atoms with Crippen LogP contribution in [0.15, 0.2) is 18.3 Å².